The number of carbonyl (C=O) groups excluding carboxylic acids is 1. The molecule has 1 amide bonds. The molecule has 0 saturated carbocycles. The van der Waals surface area contributed by atoms with Crippen LogP contribution in [0.25, 0.3) is 0 Å². The van der Waals surface area contributed by atoms with Crippen molar-refractivity contribution in [2.75, 3.05) is 5.01 Å². The lowest BCUT2D eigenvalue weighted by Crippen LogP contribution is -2.37. The van der Waals surface area contributed by atoms with Gasteiger partial charge in [0, 0.05) is 11.4 Å². The van der Waals surface area contributed by atoms with Crippen molar-refractivity contribution in [2.45, 2.75) is 26.7 Å². The summed E-state index contributed by atoms with van der Waals surface area (Å²) < 4.78 is 0. The molecule has 82 valence electrons. The van der Waals surface area contributed by atoms with Crippen LogP contribution in [-0.2, 0) is 4.79 Å². The van der Waals surface area contributed by atoms with Crippen molar-refractivity contribution in [2.24, 2.45) is 5.84 Å². The number of halogens is 1. The minimum Gasteiger partial charge on any atom is -0.273 e. The Balaban J connectivity index is 2.86. The number of hydrogen-bond acceptors (Lipinski definition) is 2. The molecule has 0 spiro atoms. The van der Waals surface area contributed by atoms with Gasteiger partial charge in [-0.15, -0.1) is 0 Å². The van der Waals surface area contributed by atoms with Gasteiger partial charge in [0.1, 0.15) is 0 Å². The molecule has 0 radical (unpaired) electrons. The summed E-state index contributed by atoms with van der Waals surface area (Å²) in [4.78, 5) is 11.5. The number of benzene rings is 1. The van der Waals surface area contributed by atoms with Crippen molar-refractivity contribution < 1.29 is 4.79 Å². The summed E-state index contributed by atoms with van der Waals surface area (Å²) in [6, 6.07) is 5.33. The zero-order valence-electron chi connectivity index (χ0n) is 8.96. The van der Waals surface area contributed by atoms with E-state index < -0.39 is 0 Å². The molecule has 0 heterocycles. The number of hydrazine groups is 1. The van der Waals surface area contributed by atoms with E-state index in [2.05, 4.69) is 0 Å². The molecule has 1 aromatic carbocycles. The molecule has 0 aliphatic carbocycles. The molecule has 4 heteroatoms. The number of hydrogen-bond donors (Lipinski definition) is 1. The van der Waals surface area contributed by atoms with Gasteiger partial charge >= 0.3 is 0 Å². The summed E-state index contributed by atoms with van der Waals surface area (Å²) in [6.07, 6.45) is 1.23. The van der Waals surface area contributed by atoms with E-state index in [4.69, 9.17) is 17.4 Å². The van der Waals surface area contributed by atoms with Crippen LogP contribution in [0.2, 0.25) is 5.02 Å². The number of aryl methyl sites for hydroxylation is 1. The maximum Gasteiger partial charge on any atom is 0.241 e. The third kappa shape index (κ3) is 2.94. The van der Waals surface area contributed by atoms with E-state index in [-0.39, 0.29) is 5.91 Å². The largest absolute Gasteiger partial charge is 0.273 e. The predicted octanol–water partition coefficient (Wildman–Crippen LogP) is 2.66. The van der Waals surface area contributed by atoms with Gasteiger partial charge in [0.2, 0.25) is 5.91 Å². The van der Waals surface area contributed by atoms with Crippen LogP contribution in [-0.4, -0.2) is 5.91 Å². The summed E-state index contributed by atoms with van der Waals surface area (Å²) in [6.45, 7) is 3.84. The second-order valence-corrected chi connectivity index (χ2v) is 3.85. The van der Waals surface area contributed by atoms with Crippen LogP contribution in [0, 0.1) is 6.92 Å². The molecule has 0 aromatic heterocycles. The van der Waals surface area contributed by atoms with E-state index in [9.17, 15) is 4.79 Å². The molecule has 0 saturated heterocycles. The highest BCUT2D eigenvalue weighted by molar-refractivity contribution is 6.31. The van der Waals surface area contributed by atoms with E-state index in [1.807, 2.05) is 19.9 Å². The highest BCUT2D eigenvalue weighted by atomic mass is 35.5. The van der Waals surface area contributed by atoms with Crippen LogP contribution >= 0.6 is 11.6 Å². The summed E-state index contributed by atoms with van der Waals surface area (Å²) in [5.74, 6) is 5.57. The predicted molar refractivity (Wildman–Crippen MR) is 62.8 cm³/mol. The summed E-state index contributed by atoms with van der Waals surface area (Å²) in [5, 5.41) is 1.77. The Labute approximate surface area is 94.8 Å². The first kappa shape index (κ1) is 12.0. The molecule has 1 rings (SSSR count). The van der Waals surface area contributed by atoms with E-state index in [1.54, 1.807) is 12.1 Å². The standard InChI is InChI=1S/C11H15ClN2O/c1-3-4-11(15)14(13)9-6-5-8(2)10(12)7-9/h5-7H,3-4,13H2,1-2H3. The molecule has 0 fully saturated rings. The monoisotopic (exact) mass is 226 g/mol. The first-order valence-corrected chi connectivity index (χ1v) is 5.28. The second kappa shape index (κ2) is 5.14. The fourth-order valence-corrected chi connectivity index (χ4v) is 1.38. The van der Waals surface area contributed by atoms with Gasteiger partial charge < -0.3 is 0 Å². The normalized spacial score (nSPS) is 10.1. The maximum atomic E-state index is 11.5. The lowest BCUT2D eigenvalue weighted by Gasteiger charge is -2.16. The quantitative estimate of drug-likeness (QED) is 0.489. The van der Waals surface area contributed by atoms with Crippen molar-refractivity contribution in [3.8, 4) is 0 Å². The molecular formula is C11H15ClN2O. The minimum absolute atomic E-state index is 0.0996. The SMILES string of the molecule is CCCC(=O)N(N)c1ccc(C)c(Cl)c1. The van der Waals surface area contributed by atoms with Crippen molar-refractivity contribution in [1.29, 1.82) is 0 Å². The van der Waals surface area contributed by atoms with Gasteiger partial charge in [-0.3, -0.25) is 4.79 Å². The minimum atomic E-state index is -0.0996. The molecule has 0 bridgehead atoms. The molecule has 0 aliphatic heterocycles. The van der Waals surface area contributed by atoms with Crippen LogP contribution in [0.5, 0.6) is 0 Å². The summed E-state index contributed by atoms with van der Waals surface area (Å²) in [5.41, 5.74) is 1.60. The molecule has 1 aromatic rings. The number of amides is 1. The smallest absolute Gasteiger partial charge is 0.241 e. The molecule has 0 aliphatic rings. The highest BCUT2D eigenvalue weighted by Crippen LogP contribution is 2.22. The van der Waals surface area contributed by atoms with Gasteiger partial charge in [0.05, 0.1) is 5.69 Å². The van der Waals surface area contributed by atoms with Crippen molar-refractivity contribution in [3.63, 3.8) is 0 Å². The lowest BCUT2D eigenvalue weighted by atomic mass is 10.2. The van der Waals surface area contributed by atoms with Crippen LogP contribution in [0.4, 0.5) is 5.69 Å². The van der Waals surface area contributed by atoms with E-state index >= 15 is 0 Å². The number of carbonyl (C=O) groups is 1. The van der Waals surface area contributed by atoms with E-state index in [1.165, 1.54) is 0 Å². The van der Waals surface area contributed by atoms with E-state index in [0.717, 1.165) is 17.0 Å². The fourth-order valence-electron chi connectivity index (χ4n) is 1.21. The Morgan fingerprint density at radius 3 is 2.73 bits per heavy atom. The van der Waals surface area contributed by atoms with Gasteiger partial charge in [-0.1, -0.05) is 24.6 Å². The number of nitrogens with zero attached hydrogens (tertiary/aromatic N) is 1. The molecule has 2 N–H and O–H groups in total. The number of anilines is 1. The zero-order valence-corrected chi connectivity index (χ0v) is 9.71. The molecule has 0 atom stereocenters. The summed E-state index contributed by atoms with van der Waals surface area (Å²) in [7, 11) is 0. The van der Waals surface area contributed by atoms with Crippen LogP contribution < -0.4 is 10.9 Å². The molecule has 15 heavy (non-hydrogen) atoms. The van der Waals surface area contributed by atoms with Crippen molar-refractivity contribution in [1.82, 2.24) is 0 Å². The topological polar surface area (TPSA) is 46.3 Å². The number of nitrogens with two attached hydrogens (primary N) is 1. The molecule has 3 nitrogen and oxygen atoms in total. The van der Waals surface area contributed by atoms with Gasteiger partial charge in [0.15, 0.2) is 0 Å². The average molecular weight is 227 g/mol. The second-order valence-electron chi connectivity index (χ2n) is 3.45. The molecule has 0 unspecified atom stereocenters. The van der Waals surface area contributed by atoms with Gasteiger partial charge in [-0.05, 0) is 31.0 Å². The van der Waals surface area contributed by atoms with Crippen LogP contribution in [0.1, 0.15) is 25.3 Å². The van der Waals surface area contributed by atoms with Crippen molar-refractivity contribution >= 4 is 23.2 Å². The highest BCUT2D eigenvalue weighted by Gasteiger charge is 2.11. The Hall–Kier alpha value is -1.06. The number of rotatable bonds is 3. The van der Waals surface area contributed by atoms with Gasteiger partial charge in [0.25, 0.3) is 0 Å². The van der Waals surface area contributed by atoms with Crippen LogP contribution in [0.15, 0.2) is 18.2 Å². The van der Waals surface area contributed by atoms with Gasteiger partial charge in [-0.2, -0.15) is 0 Å². The van der Waals surface area contributed by atoms with E-state index in [0.29, 0.717) is 17.1 Å². The average Bonchev–Trinajstić information content (AvgIpc) is 2.21. The molecular weight excluding hydrogens is 212 g/mol. The maximum absolute atomic E-state index is 11.5. The fraction of sp³-hybridized carbons (Fsp3) is 0.364. The third-order valence-corrected chi connectivity index (χ3v) is 2.57. The van der Waals surface area contributed by atoms with Crippen molar-refractivity contribution in [3.05, 3.63) is 28.8 Å². The Morgan fingerprint density at radius 1 is 1.53 bits per heavy atom. The Kier molecular flexibility index (Phi) is 4.12. The van der Waals surface area contributed by atoms with Gasteiger partial charge in [-0.25, -0.2) is 10.9 Å². The zero-order chi connectivity index (χ0) is 11.4. The third-order valence-electron chi connectivity index (χ3n) is 2.17. The Bertz CT molecular complexity index is 366. The van der Waals surface area contributed by atoms with Crippen LogP contribution in [0.3, 0.4) is 0 Å². The summed E-state index contributed by atoms with van der Waals surface area (Å²) >= 11 is 5.95. The first-order chi connectivity index (χ1) is 7.06. The lowest BCUT2D eigenvalue weighted by molar-refractivity contribution is -0.118. The Morgan fingerprint density at radius 2 is 2.20 bits per heavy atom. The first-order valence-electron chi connectivity index (χ1n) is 4.90.